The van der Waals surface area contributed by atoms with Crippen molar-refractivity contribution in [2.75, 3.05) is 6.61 Å². The second-order valence-electron chi connectivity index (χ2n) is 7.26. The number of fused-ring (bicyclic) bond motifs is 1. The van der Waals surface area contributed by atoms with E-state index < -0.39 is 17.7 Å². The summed E-state index contributed by atoms with van der Waals surface area (Å²) >= 11 is 0. The number of ether oxygens (including phenoxy) is 2. The standard InChI is InChI=1S/C23H21NO6/c1-14-11-20(25)29-19-12-17(9-10-18(14)19)28-13-21(26)30-22(15-5-3-2-4-6-15)23(27)24-16-7-8-16/h2-6,9-12,16,22H,7-8,13H2,1H3,(H,24,27)/t22-/m0/s1. The highest BCUT2D eigenvalue weighted by atomic mass is 16.6. The van der Waals surface area contributed by atoms with E-state index in [4.69, 9.17) is 13.9 Å². The minimum absolute atomic E-state index is 0.148. The molecular formula is C23H21NO6. The molecule has 3 aromatic rings. The Bertz CT molecular complexity index is 1130. The summed E-state index contributed by atoms with van der Waals surface area (Å²) in [6.07, 6.45) is 0.823. The van der Waals surface area contributed by atoms with Crippen molar-refractivity contribution in [3.05, 3.63) is 76.1 Å². The van der Waals surface area contributed by atoms with Gasteiger partial charge in [0, 0.05) is 29.1 Å². The highest BCUT2D eigenvalue weighted by Gasteiger charge is 2.30. The maximum Gasteiger partial charge on any atom is 0.345 e. The molecule has 1 fully saturated rings. The third kappa shape index (κ3) is 4.68. The maximum absolute atomic E-state index is 12.5. The molecule has 0 aliphatic heterocycles. The van der Waals surface area contributed by atoms with Gasteiger partial charge in [0.25, 0.3) is 5.91 Å². The van der Waals surface area contributed by atoms with Crippen LogP contribution in [-0.4, -0.2) is 24.5 Å². The minimum atomic E-state index is -1.04. The summed E-state index contributed by atoms with van der Waals surface area (Å²) in [5, 5.41) is 3.65. The SMILES string of the molecule is Cc1cc(=O)oc2cc(OCC(=O)O[C@H](C(=O)NC3CC3)c3ccccc3)ccc12. The lowest BCUT2D eigenvalue weighted by molar-refractivity contribution is -0.158. The second-order valence-corrected chi connectivity index (χ2v) is 7.26. The Kier molecular flexibility index (Phi) is 5.52. The predicted octanol–water partition coefficient (Wildman–Crippen LogP) is 3.04. The van der Waals surface area contributed by atoms with E-state index in [9.17, 15) is 14.4 Å². The first-order valence-corrected chi connectivity index (χ1v) is 9.72. The molecule has 0 radical (unpaired) electrons. The molecule has 0 spiro atoms. The Morgan fingerprint density at radius 2 is 1.90 bits per heavy atom. The van der Waals surface area contributed by atoms with Crippen molar-refractivity contribution < 1.29 is 23.5 Å². The number of benzene rings is 2. The van der Waals surface area contributed by atoms with Crippen LogP contribution in [0.15, 0.2) is 63.8 Å². The van der Waals surface area contributed by atoms with E-state index in [2.05, 4.69) is 5.32 Å². The van der Waals surface area contributed by atoms with Gasteiger partial charge >= 0.3 is 11.6 Å². The van der Waals surface area contributed by atoms with Gasteiger partial charge in [-0.05, 0) is 37.5 Å². The first kappa shape index (κ1) is 19.7. The van der Waals surface area contributed by atoms with Crippen LogP contribution in [0.4, 0.5) is 0 Å². The summed E-state index contributed by atoms with van der Waals surface area (Å²) in [6, 6.07) is 15.4. The average molecular weight is 407 g/mol. The monoisotopic (exact) mass is 407 g/mol. The summed E-state index contributed by atoms with van der Waals surface area (Å²) in [4.78, 5) is 36.5. The van der Waals surface area contributed by atoms with Gasteiger partial charge in [0.2, 0.25) is 6.10 Å². The summed E-state index contributed by atoms with van der Waals surface area (Å²) < 4.78 is 16.1. The second kappa shape index (κ2) is 8.41. The molecule has 4 rings (SSSR count). The van der Waals surface area contributed by atoms with Crippen LogP contribution < -0.4 is 15.7 Å². The summed E-state index contributed by atoms with van der Waals surface area (Å²) in [7, 11) is 0. The average Bonchev–Trinajstić information content (AvgIpc) is 3.54. The van der Waals surface area contributed by atoms with E-state index >= 15 is 0 Å². The fourth-order valence-corrected chi connectivity index (χ4v) is 3.11. The van der Waals surface area contributed by atoms with E-state index in [0.717, 1.165) is 23.8 Å². The molecular weight excluding hydrogens is 386 g/mol. The van der Waals surface area contributed by atoms with Crippen molar-refractivity contribution in [1.82, 2.24) is 5.32 Å². The molecule has 154 valence electrons. The summed E-state index contributed by atoms with van der Waals surface area (Å²) in [5.41, 5.74) is 1.30. The molecule has 7 heteroatoms. The highest BCUT2D eigenvalue weighted by Crippen LogP contribution is 2.24. The molecule has 1 saturated carbocycles. The van der Waals surface area contributed by atoms with Gasteiger partial charge in [-0.25, -0.2) is 9.59 Å². The number of amides is 1. The van der Waals surface area contributed by atoms with Crippen molar-refractivity contribution >= 4 is 22.8 Å². The molecule has 1 aliphatic rings. The number of carbonyl (C=O) groups is 2. The molecule has 30 heavy (non-hydrogen) atoms. The van der Waals surface area contributed by atoms with E-state index in [-0.39, 0.29) is 18.6 Å². The van der Waals surface area contributed by atoms with Crippen LogP contribution in [0.5, 0.6) is 5.75 Å². The van der Waals surface area contributed by atoms with Gasteiger partial charge in [-0.3, -0.25) is 4.79 Å². The lowest BCUT2D eigenvalue weighted by Crippen LogP contribution is -2.34. The summed E-state index contributed by atoms with van der Waals surface area (Å²) in [6.45, 7) is 1.43. The zero-order valence-electron chi connectivity index (χ0n) is 16.4. The van der Waals surface area contributed by atoms with Gasteiger partial charge in [0.05, 0.1) is 0 Å². The first-order valence-electron chi connectivity index (χ1n) is 9.72. The van der Waals surface area contributed by atoms with Gasteiger partial charge in [-0.1, -0.05) is 30.3 Å². The van der Waals surface area contributed by atoms with E-state index in [1.54, 1.807) is 42.5 Å². The molecule has 7 nitrogen and oxygen atoms in total. The van der Waals surface area contributed by atoms with Crippen molar-refractivity contribution in [2.24, 2.45) is 0 Å². The maximum atomic E-state index is 12.5. The van der Waals surface area contributed by atoms with Crippen LogP contribution in [-0.2, 0) is 14.3 Å². The van der Waals surface area contributed by atoms with Crippen LogP contribution >= 0.6 is 0 Å². The fraction of sp³-hybridized carbons (Fsp3) is 0.261. The van der Waals surface area contributed by atoms with Gasteiger partial charge in [0.15, 0.2) is 6.61 Å². The van der Waals surface area contributed by atoms with Gasteiger partial charge < -0.3 is 19.2 Å². The molecule has 1 atom stereocenters. The van der Waals surface area contributed by atoms with Crippen molar-refractivity contribution in [1.29, 1.82) is 0 Å². The van der Waals surface area contributed by atoms with Crippen LogP contribution in [0.3, 0.4) is 0 Å². The molecule has 1 N–H and O–H groups in total. The number of nitrogens with one attached hydrogen (secondary N) is 1. The van der Waals surface area contributed by atoms with Crippen LogP contribution in [0.1, 0.15) is 30.1 Å². The van der Waals surface area contributed by atoms with Crippen LogP contribution in [0, 0.1) is 6.92 Å². The third-order valence-corrected chi connectivity index (χ3v) is 4.79. The quantitative estimate of drug-likeness (QED) is 0.478. The Labute approximate surface area is 172 Å². The lowest BCUT2D eigenvalue weighted by Gasteiger charge is -2.18. The number of hydrogen-bond donors (Lipinski definition) is 1. The fourth-order valence-electron chi connectivity index (χ4n) is 3.11. The highest BCUT2D eigenvalue weighted by molar-refractivity contribution is 5.86. The molecule has 1 aliphatic carbocycles. The van der Waals surface area contributed by atoms with E-state index in [1.807, 2.05) is 13.0 Å². The van der Waals surface area contributed by atoms with Gasteiger partial charge in [-0.15, -0.1) is 0 Å². The third-order valence-electron chi connectivity index (χ3n) is 4.79. The van der Waals surface area contributed by atoms with Crippen molar-refractivity contribution in [3.8, 4) is 5.75 Å². The van der Waals surface area contributed by atoms with Gasteiger partial charge in [-0.2, -0.15) is 0 Å². The molecule has 1 aromatic heterocycles. The van der Waals surface area contributed by atoms with Crippen LogP contribution in [0.25, 0.3) is 11.0 Å². The number of hydrogen-bond acceptors (Lipinski definition) is 6. The van der Waals surface area contributed by atoms with Crippen LogP contribution in [0.2, 0.25) is 0 Å². The number of carbonyl (C=O) groups excluding carboxylic acids is 2. The Morgan fingerprint density at radius 1 is 1.13 bits per heavy atom. The van der Waals surface area contributed by atoms with Crippen molar-refractivity contribution in [3.63, 3.8) is 0 Å². The summed E-state index contributed by atoms with van der Waals surface area (Å²) in [5.74, 6) is -0.674. The van der Waals surface area contributed by atoms with Crippen molar-refractivity contribution in [2.45, 2.75) is 31.9 Å². The molecule has 1 amide bonds. The molecule has 0 unspecified atom stereocenters. The number of aryl methyl sites for hydroxylation is 1. The first-order chi connectivity index (χ1) is 14.5. The zero-order valence-corrected chi connectivity index (χ0v) is 16.4. The minimum Gasteiger partial charge on any atom is -0.482 e. The van der Waals surface area contributed by atoms with Gasteiger partial charge in [0.1, 0.15) is 11.3 Å². The predicted molar refractivity (Wildman–Crippen MR) is 109 cm³/mol. The molecule has 1 heterocycles. The van der Waals surface area contributed by atoms with E-state index in [0.29, 0.717) is 16.9 Å². The number of esters is 1. The molecule has 0 bridgehead atoms. The Balaban J connectivity index is 1.43. The lowest BCUT2D eigenvalue weighted by atomic mass is 10.1. The zero-order chi connectivity index (χ0) is 21.1. The normalized spacial score (nSPS) is 14.2. The largest absolute Gasteiger partial charge is 0.482 e. The Morgan fingerprint density at radius 3 is 2.63 bits per heavy atom. The number of rotatable bonds is 7. The molecule has 0 saturated heterocycles. The van der Waals surface area contributed by atoms with E-state index in [1.165, 1.54) is 6.07 Å². The topological polar surface area (TPSA) is 94.8 Å². The Hall–Kier alpha value is -3.61. The smallest absolute Gasteiger partial charge is 0.345 e. The molecule has 2 aromatic carbocycles.